The summed E-state index contributed by atoms with van der Waals surface area (Å²) in [4.78, 5) is 0. The van der Waals surface area contributed by atoms with Crippen LogP contribution in [0.5, 0.6) is 0 Å². The number of nitrogens with one attached hydrogen (secondary N) is 1. The third-order valence-corrected chi connectivity index (χ3v) is 2.57. The van der Waals surface area contributed by atoms with Gasteiger partial charge in [0.15, 0.2) is 0 Å². The van der Waals surface area contributed by atoms with E-state index in [9.17, 15) is 4.39 Å². The maximum Gasteiger partial charge on any atom is 0.127 e. The van der Waals surface area contributed by atoms with Crippen LogP contribution in [0.15, 0.2) is 18.2 Å². The van der Waals surface area contributed by atoms with Gasteiger partial charge < -0.3 is 5.32 Å². The van der Waals surface area contributed by atoms with E-state index < -0.39 is 0 Å². The van der Waals surface area contributed by atoms with Gasteiger partial charge in [0.25, 0.3) is 0 Å². The first kappa shape index (κ1) is 12.5. The summed E-state index contributed by atoms with van der Waals surface area (Å²) in [6, 6.07) is 5.29. The number of halogens is 2. The van der Waals surface area contributed by atoms with Gasteiger partial charge in [-0.15, -0.1) is 0 Å². The SMILES string of the molecule is CC(C)NCCCc1c(F)cccc1Cl. The maximum atomic E-state index is 13.3. The number of rotatable bonds is 5. The molecule has 0 saturated heterocycles. The minimum Gasteiger partial charge on any atom is -0.315 e. The van der Waals surface area contributed by atoms with Gasteiger partial charge in [0.05, 0.1) is 0 Å². The largest absolute Gasteiger partial charge is 0.315 e. The molecule has 0 aliphatic rings. The Hall–Kier alpha value is -0.600. The first-order chi connectivity index (χ1) is 7.11. The van der Waals surface area contributed by atoms with Crippen LogP contribution in [-0.4, -0.2) is 12.6 Å². The monoisotopic (exact) mass is 229 g/mol. The van der Waals surface area contributed by atoms with Gasteiger partial charge >= 0.3 is 0 Å². The lowest BCUT2D eigenvalue weighted by atomic mass is 10.1. The number of benzene rings is 1. The molecular formula is C12H17ClFN. The van der Waals surface area contributed by atoms with Crippen LogP contribution >= 0.6 is 11.6 Å². The second-order valence-electron chi connectivity index (χ2n) is 3.91. The van der Waals surface area contributed by atoms with Gasteiger partial charge in [-0.3, -0.25) is 0 Å². The smallest absolute Gasteiger partial charge is 0.127 e. The van der Waals surface area contributed by atoms with Gasteiger partial charge in [-0.25, -0.2) is 4.39 Å². The molecule has 1 rings (SSSR count). The fourth-order valence-corrected chi connectivity index (χ4v) is 1.68. The fraction of sp³-hybridized carbons (Fsp3) is 0.500. The molecule has 0 aliphatic heterocycles. The average molecular weight is 230 g/mol. The van der Waals surface area contributed by atoms with E-state index in [1.165, 1.54) is 6.07 Å². The highest BCUT2D eigenvalue weighted by Crippen LogP contribution is 2.20. The topological polar surface area (TPSA) is 12.0 Å². The van der Waals surface area contributed by atoms with E-state index in [4.69, 9.17) is 11.6 Å². The van der Waals surface area contributed by atoms with Crippen molar-refractivity contribution in [2.24, 2.45) is 0 Å². The third kappa shape index (κ3) is 4.18. The second-order valence-corrected chi connectivity index (χ2v) is 4.32. The third-order valence-electron chi connectivity index (χ3n) is 2.22. The van der Waals surface area contributed by atoms with Crippen LogP contribution in [0.4, 0.5) is 4.39 Å². The molecule has 0 atom stereocenters. The van der Waals surface area contributed by atoms with E-state index in [0.717, 1.165) is 13.0 Å². The lowest BCUT2D eigenvalue weighted by Gasteiger charge is -2.09. The molecule has 0 amide bonds. The molecular weight excluding hydrogens is 213 g/mol. The predicted molar refractivity (Wildman–Crippen MR) is 62.9 cm³/mol. The van der Waals surface area contributed by atoms with Gasteiger partial charge in [-0.2, -0.15) is 0 Å². The highest BCUT2D eigenvalue weighted by molar-refractivity contribution is 6.31. The molecule has 0 saturated carbocycles. The zero-order chi connectivity index (χ0) is 11.3. The zero-order valence-corrected chi connectivity index (χ0v) is 9.94. The van der Waals surface area contributed by atoms with Crippen LogP contribution in [0.25, 0.3) is 0 Å². The summed E-state index contributed by atoms with van der Waals surface area (Å²) in [7, 11) is 0. The van der Waals surface area contributed by atoms with Crippen LogP contribution < -0.4 is 5.32 Å². The average Bonchev–Trinajstić information content (AvgIpc) is 2.15. The number of hydrogen-bond acceptors (Lipinski definition) is 1. The molecule has 0 unspecified atom stereocenters. The second kappa shape index (κ2) is 6.09. The Morgan fingerprint density at radius 1 is 1.40 bits per heavy atom. The first-order valence-electron chi connectivity index (χ1n) is 5.27. The van der Waals surface area contributed by atoms with E-state index >= 15 is 0 Å². The normalized spacial score (nSPS) is 11.0. The molecule has 0 aromatic heterocycles. The molecule has 0 bridgehead atoms. The van der Waals surface area contributed by atoms with Crippen molar-refractivity contribution in [3.63, 3.8) is 0 Å². The van der Waals surface area contributed by atoms with Gasteiger partial charge in [-0.05, 0) is 31.5 Å². The Morgan fingerprint density at radius 3 is 2.73 bits per heavy atom. The summed E-state index contributed by atoms with van der Waals surface area (Å²) < 4.78 is 13.3. The van der Waals surface area contributed by atoms with Crippen molar-refractivity contribution in [3.8, 4) is 0 Å². The molecule has 0 fully saturated rings. The van der Waals surface area contributed by atoms with E-state index in [0.29, 0.717) is 23.0 Å². The molecule has 84 valence electrons. The quantitative estimate of drug-likeness (QED) is 0.763. The van der Waals surface area contributed by atoms with Crippen LogP contribution in [0.3, 0.4) is 0 Å². The van der Waals surface area contributed by atoms with Crippen molar-refractivity contribution in [2.75, 3.05) is 6.54 Å². The van der Waals surface area contributed by atoms with Crippen molar-refractivity contribution in [3.05, 3.63) is 34.6 Å². The van der Waals surface area contributed by atoms with E-state index in [1.54, 1.807) is 12.1 Å². The molecule has 0 heterocycles. The molecule has 15 heavy (non-hydrogen) atoms. The van der Waals surface area contributed by atoms with Crippen molar-refractivity contribution >= 4 is 11.6 Å². The lowest BCUT2D eigenvalue weighted by molar-refractivity contribution is 0.559. The Kier molecular flexibility index (Phi) is 5.06. The summed E-state index contributed by atoms with van der Waals surface area (Å²) in [6.07, 6.45) is 1.59. The Morgan fingerprint density at radius 2 is 2.13 bits per heavy atom. The molecule has 3 heteroatoms. The maximum absolute atomic E-state index is 13.3. The molecule has 0 radical (unpaired) electrons. The summed E-state index contributed by atoms with van der Waals surface area (Å²) >= 11 is 5.91. The highest BCUT2D eigenvalue weighted by Gasteiger charge is 2.05. The Balaban J connectivity index is 2.43. The summed E-state index contributed by atoms with van der Waals surface area (Å²) in [6.45, 7) is 5.08. The molecule has 1 N–H and O–H groups in total. The minimum atomic E-state index is -0.202. The number of hydrogen-bond donors (Lipinski definition) is 1. The van der Waals surface area contributed by atoms with Crippen LogP contribution in [0.1, 0.15) is 25.8 Å². The van der Waals surface area contributed by atoms with Crippen LogP contribution in [-0.2, 0) is 6.42 Å². The minimum absolute atomic E-state index is 0.202. The standard InChI is InChI=1S/C12H17ClFN/c1-9(2)15-8-4-5-10-11(13)6-3-7-12(10)14/h3,6-7,9,15H,4-5,8H2,1-2H3. The van der Waals surface area contributed by atoms with E-state index in [-0.39, 0.29) is 5.82 Å². The van der Waals surface area contributed by atoms with Crippen molar-refractivity contribution in [1.82, 2.24) is 5.32 Å². The van der Waals surface area contributed by atoms with Gasteiger partial charge in [-0.1, -0.05) is 31.5 Å². The van der Waals surface area contributed by atoms with Gasteiger partial charge in [0.2, 0.25) is 0 Å². The van der Waals surface area contributed by atoms with Crippen LogP contribution in [0.2, 0.25) is 5.02 Å². The van der Waals surface area contributed by atoms with Crippen LogP contribution in [0, 0.1) is 5.82 Å². The Bertz CT molecular complexity index is 292. The molecule has 1 aromatic rings. The summed E-state index contributed by atoms with van der Waals surface area (Å²) in [5, 5.41) is 3.82. The van der Waals surface area contributed by atoms with Crippen molar-refractivity contribution in [1.29, 1.82) is 0 Å². The van der Waals surface area contributed by atoms with Crippen molar-refractivity contribution < 1.29 is 4.39 Å². The summed E-state index contributed by atoms with van der Waals surface area (Å²) in [5.74, 6) is -0.202. The highest BCUT2D eigenvalue weighted by atomic mass is 35.5. The van der Waals surface area contributed by atoms with Gasteiger partial charge in [0, 0.05) is 16.6 Å². The molecule has 1 nitrogen and oxygen atoms in total. The molecule has 1 aromatic carbocycles. The Labute approximate surface area is 95.6 Å². The summed E-state index contributed by atoms with van der Waals surface area (Å²) in [5.41, 5.74) is 0.629. The predicted octanol–water partition coefficient (Wildman–Crippen LogP) is 3.41. The first-order valence-corrected chi connectivity index (χ1v) is 5.65. The fourth-order valence-electron chi connectivity index (χ4n) is 1.43. The zero-order valence-electron chi connectivity index (χ0n) is 9.19. The molecule has 0 aliphatic carbocycles. The van der Waals surface area contributed by atoms with Gasteiger partial charge in [0.1, 0.15) is 5.82 Å². The molecule has 0 spiro atoms. The lowest BCUT2D eigenvalue weighted by Crippen LogP contribution is -2.24. The van der Waals surface area contributed by atoms with E-state index in [1.807, 2.05) is 0 Å². The van der Waals surface area contributed by atoms with E-state index in [2.05, 4.69) is 19.2 Å². The van der Waals surface area contributed by atoms with Crippen molar-refractivity contribution in [2.45, 2.75) is 32.7 Å².